The molecule has 0 amide bonds. The van der Waals surface area contributed by atoms with E-state index >= 15 is 0 Å². The molecule has 5 nitrogen and oxygen atoms in total. The fourth-order valence-electron chi connectivity index (χ4n) is 1.59. The summed E-state index contributed by atoms with van der Waals surface area (Å²) in [6, 6.07) is 2.77. The summed E-state index contributed by atoms with van der Waals surface area (Å²) in [6.45, 7) is 3.70. The molecule has 1 N–H and O–H groups in total. The van der Waals surface area contributed by atoms with Crippen LogP contribution in [0, 0.1) is 0 Å². The van der Waals surface area contributed by atoms with Crippen molar-refractivity contribution in [2.45, 2.75) is 36.9 Å². The number of carbonyl (C=O) groups is 1. The summed E-state index contributed by atoms with van der Waals surface area (Å²) in [5, 5.41) is 8.60. The standard InChI is InChI=1S/C11H16ClNO4S2/c1-8(2)13(7-3-4-10(14)15)19(16,17)11-6-5-9(12)18-11/h5-6,8H,3-4,7H2,1-2H3,(H,14,15). The van der Waals surface area contributed by atoms with Crippen molar-refractivity contribution in [3.63, 3.8) is 0 Å². The Hall–Kier alpha value is -0.630. The molecule has 0 bridgehead atoms. The van der Waals surface area contributed by atoms with Crippen LogP contribution < -0.4 is 0 Å². The molecule has 1 aromatic rings. The molecule has 0 aromatic carbocycles. The number of carboxylic acids is 1. The molecule has 1 aromatic heterocycles. The van der Waals surface area contributed by atoms with E-state index in [0.717, 1.165) is 11.3 Å². The monoisotopic (exact) mass is 325 g/mol. The first kappa shape index (κ1) is 16.4. The quantitative estimate of drug-likeness (QED) is 0.836. The lowest BCUT2D eigenvalue weighted by atomic mass is 10.3. The highest BCUT2D eigenvalue weighted by Gasteiger charge is 2.28. The SMILES string of the molecule is CC(C)N(CCCC(=O)O)S(=O)(=O)c1ccc(Cl)s1. The van der Waals surface area contributed by atoms with Gasteiger partial charge in [0.05, 0.1) is 4.34 Å². The van der Waals surface area contributed by atoms with Gasteiger partial charge in [-0.15, -0.1) is 11.3 Å². The lowest BCUT2D eigenvalue weighted by Crippen LogP contribution is -2.37. The third-order valence-corrected chi connectivity index (χ3v) is 6.23. The molecule has 0 fully saturated rings. The van der Waals surface area contributed by atoms with Crippen LogP contribution in [-0.2, 0) is 14.8 Å². The van der Waals surface area contributed by atoms with Gasteiger partial charge in [-0.2, -0.15) is 4.31 Å². The average Bonchev–Trinajstić information content (AvgIpc) is 2.70. The lowest BCUT2D eigenvalue weighted by Gasteiger charge is -2.24. The first-order chi connectivity index (χ1) is 8.75. The minimum absolute atomic E-state index is 0.0517. The van der Waals surface area contributed by atoms with Gasteiger partial charge in [0.15, 0.2) is 0 Å². The molecule has 0 aliphatic rings. The third-order valence-electron chi connectivity index (χ3n) is 2.46. The molecule has 0 unspecified atom stereocenters. The van der Waals surface area contributed by atoms with Crippen molar-refractivity contribution in [3.8, 4) is 0 Å². The van der Waals surface area contributed by atoms with Crippen LogP contribution in [0.4, 0.5) is 0 Å². The molecular formula is C11H16ClNO4S2. The zero-order valence-corrected chi connectivity index (χ0v) is 13.1. The Morgan fingerprint density at radius 1 is 1.47 bits per heavy atom. The van der Waals surface area contributed by atoms with E-state index in [4.69, 9.17) is 16.7 Å². The van der Waals surface area contributed by atoms with E-state index in [-0.39, 0.29) is 29.6 Å². The average molecular weight is 326 g/mol. The normalized spacial score (nSPS) is 12.3. The number of sulfonamides is 1. The van der Waals surface area contributed by atoms with Crippen molar-refractivity contribution in [2.75, 3.05) is 6.54 Å². The molecule has 0 aliphatic heterocycles. The van der Waals surface area contributed by atoms with Gasteiger partial charge in [0.25, 0.3) is 10.0 Å². The number of aliphatic carboxylic acids is 1. The van der Waals surface area contributed by atoms with Crippen molar-refractivity contribution in [2.24, 2.45) is 0 Å². The van der Waals surface area contributed by atoms with Crippen molar-refractivity contribution in [3.05, 3.63) is 16.5 Å². The Balaban J connectivity index is 2.89. The van der Waals surface area contributed by atoms with Gasteiger partial charge in [0, 0.05) is 19.0 Å². The van der Waals surface area contributed by atoms with Crippen molar-refractivity contribution in [1.29, 1.82) is 0 Å². The summed E-state index contributed by atoms with van der Waals surface area (Å²) < 4.78 is 26.7. The molecule has 0 atom stereocenters. The summed E-state index contributed by atoms with van der Waals surface area (Å²) in [5.74, 6) is -0.930. The maximum atomic E-state index is 12.4. The van der Waals surface area contributed by atoms with E-state index in [9.17, 15) is 13.2 Å². The second kappa shape index (κ2) is 6.69. The molecule has 0 aliphatic carbocycles. The number of carboxylic acid groups (broad SMARTS) is 1. The Kier molecular flexibility index (Phi) is 5.79. The van der Waals surface area contributed by atoms with Crippen LogP contribution in [0.5, 0.6) is 0 Å². The molecule has 108 valence electrons. The number of halogens is 1. The second-order valence-corrected chi connectivity index (χ2v) is 8.10. The van der Waals surface area contributed by atoms with Crippen LogP contribution in [-0.4, -0.2) is 36.4 Å². The molecule has 1 rings (SSSR count). The van der Waals surface area contributed by atoms with E-state index in [0.29, 0.717) is 4.34 Å². The van der Waals surface area contributed by atoms with Crippen LogP contribution >= 0.6 is 22.9 Å². The predicted octanol–water partition coefficient (Wildman–Crippen LogP) is 2.67. The van der Waals surface area contributed by atoms with E-state index < -0.39 is 16.0 Å². The highest BCUT2D eigenvalue weighted by atomic mass is 35.5. The largest absolute Gasteiger partial charge is 0.481 e. The number of hydrogen-bond donors (Lipinski definition) is 1. The molecule has 19 heavy (non-hydrogen) atoms. The molecule has 1 heterocycles. The van der Waals surface area contributed by atoms with Crippen molar-refractivity contribution < 1.29 is 18.3 Å². The molecule has 0 saturated heterocycles. The smallest absolute Gasteiger partial charge is 0.303 e. The van der Waals surface area contributed by atoms with Gasteiger partial charge in [0.1, 0.15) is 4.21 Å². The van der Waals surface area contributed by atoms with Gasteiger partial charge in [-0.3, -0.25) is 4.79 Å². The Morgan fingerprint density at radius 3 is 2.53 bits per heavy atom. The fraction of sp³-hybridized carbons (Fsp3) is 0.545. The summed E-state index contributed by atoms with van der Waals surface area (Å²) in [6.07, 6.45) is 0.232. The summed E-state index contributed by atoms with van der Waals surface area (Å²) >= 11 is 6.75. The van der Waals surface area contributed by atoms with Crippen LogP contribution in [0.15, 0.2) is 16.3 Å². The van der Waals surface area contributed by atoms with Gasteiger partial charge in [0.2, 0.25) is 0 Å². The third kappa shape index (κ3) is 4.45. The van der Waals surface area contributed by atoms with E-state index in [2.05, 4.69) is 0 Å². The van der Waals surface area contributed by atoms with Gasteiger partial charge < -0.3 is 5.11 Å². The molecule has 0 saturated carbocycles. The Morgan fingerprint density at radius 2 is 2.11 bits per heavy atom. The number of hydrogen-bond acceptors (Lipinski definition) is 4. The highest BCUT2D eigenvalue weighted by molar-refractivity contribution is 7.91. The van der Waals surface area contributed by atoms with Gasteiger partial charge in [-0.05, 0) is 32.4 Å². The molecule has 8 heteroatoms. The first-order valence-electron chi connectivity index (χ1n) is 5.74. The summed E-state index contributed by atoms with van der Waals surface area (Å²) in [5.41, 5.74) is 0. The lowest BCUT2D eigenvalue weighted by molar-refractivity contribution is -0.137. The maximum absolute atomic E-state index is 12.4. The predicted molar refractivity (Wildman–Crippen MR) is 75.2 cm³/mol. The van der Waals surface area contributed by atoms with Crippen LogP contribution in [0.2, 0.25) is 4.34 Å². The van der Waals surface area contributed by atoms with Crippen molar-refractivity contribution >= 4 is 38.9 Å². The fourth-order valence-corrected chi connectivity index (χ4v) is 4.88. The zero-order chi connectivity index (χ0) is 14.6. The maximum Gasteiger partial charge on any atom is 0.303 e. The number of nitrogens with zero attached hydrogens (tertiary/aromatic N) is 1. The Bertz CT molecular complexity index is 539. The summed E-state index contributed by atoms with van der Waals surface area (Å²) in [4.78, 5) is 10.5. The van der Waals surface area contributed by atoms with E-state index in [1.807, 2.05) is 0 Å². The minimum atomic E-state index is -3.60. The van der Waals surface area contributed by atoms with E-state index in [1.54, 1.807) is 13.8 Å². The van der Waals surface area contributed by atoms with Crippen LogP contribution in [0.3, 0.4) is 0 Å². The Labute approximate surface area is 121 Å². The highest BCUT2D eigenvalue weighted by Crippen LogP contribution is 2.29. The van der Waals surface area contributed by atoms with E-state index in [1.165, 1.54) is 16.4 Å². The molecule has 0 radical (unpaired) electrons. The zero-order valence-electron chi connectivity index (χ0n) is 10.7. The molecular weight excluding hydrogens is 310 g/mol. The summed E-state index contributed by atoms with van der Waals surface area (Å²) in [7, 11) is -3.60. The molecule has 0 spiro atoms. The van der Waals surface area contributed by atoms with Gasteiger partial charge in [-0.25, -0.2) is 8.42 Å². The van der Waals surface area contributed by atoms with Crippen molar-refractivity contribution in [1.82, 2.24) is 4.31 Å². The first-order valence-corrected chi connectivity index (χ1v) is 8.37. The second-order valence-electron chi connectivity index (χ2n) is 4.27. The minimum Gasteiger partial charge on any atom is -0.481 e. The van der Waals surface area contributed by atoms with Crippen LogP contribution in [0.1, 0.15) is 26.7 Å². The number of thiophene rings is 1. The number of rotatable bonds is 7. The van der Waals surface area contributed by atoms with Gasteiger partial charge in [-0.1, -0.05) is 11.6 Å². The topological polar surface area (TPSA) is 74.7 Å². The van der Waals surface area contributed by atoms with Crippen LogP contribution in [0.25, 0.3) is 0 Å². The van der Waals surface area contributed by atoms with Gasteiger partial charge >= 0.3 is 5.97 Å².